The van der Waals surface area contributed by atoms with Crippen molar-refractivity contribution >= 4 is 24.2 Å². The summed E-state index contributed by atoms with van der Waals surface area (Å²) in [7, 11) is 3.06. The van der Waals surface area contributed by atoms with Crippen molar-refractivity contribution in [3.05, 3.63) is 23.8 Å². The zero-order chi connectivity index (χ0) is 20.0. The first-order chi connectivity index (χ1) is 13.0. The first-order valence-corrected chi connectivity index (χ1v) is 9.47. The molecular weight excluding hydrogens is 382 g/mol. The van der Waals surface area contributed by atoms with E-state index < -0.39 is 5.41 Å². The molecule has 0 spiro atoms. The molecule has 28 heavy (non-hydrogen) atoms. The van der Waals surface area contributed by atoms with Crippen LogP contribution in [0.15, 0.2) is 18.2 Å². The van der Waals surface area contributed by atoms with Crippen LogP contribution in [-0.4, -0.2) is 68.6 Å². The third-order valence-corrected chi connectivity index (χ3v) is 5.69. The Bertz CT molecular complexity index is 663. The highest BCUT2D eigenvalue weighted by molar-refractivity contribution is 5.98. The van der Waals surface area contributed by atoms with Gasteiger partial charge in [-0.2, -0.15) is 0 Å². The highest BCUT2D eigenvalue weighted by atomic mass is 35.5. The van der Waals surface area contributed by atoms with Gasteiger partial charge in [0.05, 0.1) is 25.2 Å². The fraction of sp³-hybridized carbons (Fsp3) is 0.600. The highest BCUT2D eigenvalue weighted by Gasteiger charge is 2.38. The maximum atomic E-state index is 13.0. The van der Waals surface area contributed by atoms with E-state index in [1.54, 1.807) is 30.2 Å². The summed E-state index contributed by atoms with van der Waals surface area (Å²) in [4.78, 5) is 29.5. The van der Waals surface area contributed by atoms with Gasteiger partial charge in [0.2, 0.25) is 5.91 Å². The van der Waals surface area contributed by atoms with Crippen molar-refractivity contribution in [1.82, 2.24) is 9.80 Å². The molecular formula is C20H32ClN3O4. The van der Waals surface area contributed by atoms with E-state index in [0.29, 0.717) is 49.8 Å². The van der Waals surface area contributed by atoms with Gasteiger partial charge in [0.1, 0.15) is 0 Å². The Hall–Kier alpha value is -1.99. The van der Waals surface area contributed by atoms with E-state index in [0.717, 1.165) is 12.8 Å². The number of carbonyl (C=O) groups is 2. The number of carbonyl (C=O) groups excluding carboxylic acids is 2. The Morgan fingerprint density at radius 2 is 1.61 bits per heavy atom. The molecule has 1 aromatic carbocycles. The second kappa shape index (κ2) is 10.5. The molecule has 0 aliphatic carbocycles. The fourth-order valence-corrected chi connectivity index (χ4v) is 3.60. The molecule has 0 saturated carbocycles. The molecule has 1 aliphatic heterocycles. The molecule has 1 saturated heterocycles. The van der Waals surface area contributed by atoms with Crippen molar-refractivity contribution < 1.29 is 19.1 Å². The van der Waals surface area contributed by atoms with Crippen LogP contribution in [-0.2, 0) is 4.79 Å². The normalized spacial score (nSPS) is 14.3. The van der Waals surface area contributed by atoms with E-state index in [2.05, 4.69) is 0 Å². The van der Waals surface area contributed by atoms with Crippen LogP contribution in [0, 0.1) is 5.41 Å². The Kier molecular flexibility index (Phi) is 9.04. The molecule has 2 rings (SSSR count). The molecule has 0 unspecified atom stereocenters. The van der Waals surface area contributed by atoms with Crippen molar-refractivity contribution in [3.8, 4) is 11.5 Å². The number of hydrogen-bond donors (Lipinski definition) is 1. The van der Waals surface area contributed by atoms with E-state index in [1.807, 2.05) is 18.7 Å². The topological polar surface area (TPSA) is 85.1 Å². The number of hydrogen-bond acceptors (Lipinski definition) is 5. The first-order valence-electron chi connectivity index (χ1n) is 9.47. The minimum absolute atomic E-state index is 0. The molecule has 1 heterocycles. The van der Waals surface area contributed by atoms with Crippen molar-refractivity contribution in [1.29, 1.82) is 0 Å². The van der Waals surface area contributed by atoms with Gasteiger partial charge >= 0.3 is 0 Å². The van der Waals surface area contributed by atoms with Gasteiger partial charge in [0.15, 0.2) is 11.5 Å². The number of nitrogens with two attached hydrogens (primary N) is 1. The van der Waals surface area contributed by atoms with Crippen molar-refractivity contribution in [2.24, 2.45) is 11.1 Å². The minimum Gasteiger partial charge on any atom is -0.493 e. The first kappa shape index (κ1) is 24.0. The summed E-state index contributed by atoms with van der Waals surface area (Å²) in [6, 6.07) is 5.26. The zero-order valence-corrected chi connectivity index (χ0v) is 18.0. The summed E-state index contributed by atoms with van der Waals surface area (Å²) in [5, 5.41) is 0. The predicted octanol–water partition coefficient (Wildman–Crippen LogP) is 2.18. The SMILES string of the molecule is CCC(CC)(CN)C(=O)N1CCN(C(=O)c2cccc(OC)c2OC)CC1.Cl. The van der Waals surface area contributed by atoms with Gasteiger partial charge in [-0.15, -0.1) is 12.4 Å². The molecule has 8 heteroatoms. The zero-order valence-electron chi connectivity index (χ0n) is 17.2. The lowest BCUT2D eigenvalue weighted by Crippen LogP contribution is -2.55. The van der Waals surface area contributed by atoms with Crippen LogP contribution in [0.5, 0.6) is 11.5 Å². The maximum absolute atomic E-state index is 13.0. The highest BCUT2D eigenvalue weighted by Crippen LogP contribution is 2.32. The summed E-state index contributed by atoms with van der Waals surface area (Å²) < 4.78 is 10.7. The number of benzene rings is 1. The molecule has 0 aromatic heterocycles. The molecule has 1 aromatic rings. The number of methoxy groups -OCH3 is 2. The largest absolute Gasteiger partial charge is 0.493 e. The number of nitrogens with zero attached hydrogens (tertiary/aromatic N) is 2. The Labute approximate surface area is 173 Å². The van der Waals surface area contributed by atoms with Gasteiger partial charge in [0, 0.05) is 32.7 Å². The number of piperazine rings is 1. The van der Waals surface area contributed by atoms with Crippen LogP contribution >= 0.6 is 12.4 Å². The minimum atomic E-state index is -0.498. The molecule has 0 radical (unpaired) electrons. The molecule has 2 amide bonds. The summed E-state index contributed by atoms with van der Waals surface area (Å²) in [5.41, 5.74) is 5.88. The predicted molar refractivity (Wildman–Crippen MR) is 111 cm³/mol. The van der Waals surface area contributed by atoms with Crippen molar-refractivity contribution in [2.75, 3.05) is 46.9 Å². The van der Waals surface area contributed by atoms with Crippen LogP contribution < -0.4 is 15.2 Å². The summed E-state index contributed by atoms with van der Waals surface area (Å²) in [6.07, 6.45) is 1.44. The molecule has 0 bridgehead atoms. The molecule has 7 nitrogen and oxygen atoms in total. The van der Waals surface area contributed by atoms with Gasteiger partial charge < -0.3 is 25.0 Å². The third kappa shape index (κ3) is 4.52. The fourth-order valence-electron chi connectivity index (χ4n) is 3.60. The number of ether oxygens (including phenoxy) is 2. The number of amides is 2. The van der Waals surface area contributed by atoms with Crippen LogP contribution in [0.3, 0.4) is 0 Å². The van der Waals surface area contributed by atoms with E-state index in [4.69, 9.17) is 15.2 Å². The monoisotopic (exact) mass is 413 g/mol. The molecule has 2 N–H and O–H groups in total. The van der Waals surface area contributed by atoms with Gasteiger partial charge in [-0.1, -0.05) is 19.9 Å². The van der Waals surface area contributed by atoms with E-state index in [-0.39, 0.29) is 24.2 Å². The summed E-state index contributed by atoms with van der Waals surface area (Å²) >= 11 is 0. The molecule has 0 atom stereocenters. The third-order valence-electron chi connectivity index (χ3n) is 5.69. The molecule has 1 fully saturated rings. The summed E-state index contributed by atoms with van der Waals surface area (Å²) in [5.74, 6) is 0.938. The van der Waals surface area contributed by atoms with Crippen molar-refractivity contribution in [2.45, 2.75) is 26.7 Å². The Morgan fingerprint density at radius 3 is 2.07 bits per heavy atom. The van der Waals surface area contributed by atoms with E-state index in [9.17, 15) is 9.59 Å². The second-order valence-corrected chi connectivity index (χ2v) is 6.82. The average Bonchev–Trinajstić information content (AvgIpc) is 2.74. The lowest BCUT2D eigenvalue weighted by Gasteiger charge is -2.40. The number of halogens is 1. The number of rotatable bonds is 7. The van der Waals surface area contributed by atoms with Crippen molar-refractivity contribution in [3.63, 3.8) is 0 Å². The van der Waals surface area contributed by atoms with Crippen LogP contribution in [0.25, 0.3) is 0 Å². The van der Waals surface area contributed by atoms with E-state index >= 15 is 0 Å². The van der Waals surface area contributed by atoms with Crippen LogP contribution in [0.2, 0.25) is 0 Å². The molecule has 1 aliphatic rings. The van der Waals surface area contributed by atoms with E-state index in [1.165, 1.54) is 7.11 Å². The van der Waals surface area contributed by atoms with Crippen LogP contribution in [0.4, 0.5) is 0 Å². The maximum Gasteiger partial charge on any atom is 0.257 e. The molecule has 158 valence electrons. The Balaban J connectivity index is 0.00000392. The van der Waals surface area contributed by atoms with Gasteiger partial charge in [-0.25, -0.2) is 0 Å². The summed E-state index contributed by atoms with van der Waals surface area (Å²) in [6.45, 7) is 6.35. The van der Waals surface area contributed by atoms with Gasteiger partial charge in [0.25, 0.3) is 5.91 Å². The quantitative estimate of drug-likeness (QED) is 0.740. The standard InChI is InChI=1S/C20H31N3O4.ClH/c1-5-20(6-2,14-21)19(25)23-12-10-22(11-13-23)18(24)15-8-7-9-16(26-3)17(15)27-4;/h7-9H,5-6,10-14,21H2,1-4H3;1H. The second-order valence-electron chi connectivity index (χ2n) is 6.82. The van der Waals surface area contributed by atoms with Gasteiger partial charge in [-0.3, -0.25) is 9.59 Å². The smallest absolute Gasteiger partial charge is 0.257 e. The van der Waals surface area contributed by atoms with Gasteiger partial charge in [-0.05, 0) is 25.0 Å². The Morgan fingerprint density at radius 1 is 1.04 bits per heavy atom. The number of para-hydroxylation sites is 1. The average molecular weight is 414 g/mol. The lowest BCUT2D eigenvalue weighted by molar-refractivity contribution is -0.143. The van der Waals surface area contributed by atoms with Crippen LogP contribution in [0.1, 0.15) is 37.0 Å². The lowest BCUT2D eigenvalue weighted by atomic mass is 9.81.